The van der Waals surface area contributed by atoms with Crippen molar-refractivity contribution in [2.45, 2.75) is 32.2 Å². The van der Waals surface area contributed by atoms with E-state index in [0.29, 0.717) is 30.7 Å². The van der Waals surface area contributed by atoms with Crippen LogP contribution in [0.15, 0.2) is 48.5 Å². The van der Waals surface area contributed by atoms with Crippen LogP contribution >= 0.6 is 0 Å². The van der Waals surface area contributed by atoms with Crippen LogP contribution in [-0.2, 0) is 12.5 Å². The van der Waals surface area contributed by atoms with Crippen molar-refractivity contribution < 1.29 is 49.0 Å². The summed E-state index contributed by atoms with van der Waals surface area (Å²) in [5.41, 5.74) is -2.05. The molecule has 0 spiro atoms. The molecule has 0 bridgehead atoms. The molecule has 0 fully saturated rings. The highest BCUT2D eigenvalue weighted by molar-refractivity contribution is 5.66. The highest BCUT2D eigenvalue weighted by atomic mass is 19.4. The van der Waals surface area contributed by atoms with Crippen LogP contribution in [0.25, 0.3) is 11.1 Å². The third-order valence-corrected chi connectivity index (χ3v) is 4.65. The highest BCUT2D eigenvalue weighted by Crippen LogP contribution is 2.37. The van der Waals surface area contributed by atoms with Crippen molar-refractivity contribution in [3.63, 3.8) is 0 Å². The molecular weight excluding hydrogens is 479 g/mol. The normalized spacial score (nSPS) is 12.1. The summed E-state index contributed by atoms with van der Waals surface area (Å²) in [6.45, 7) is 1.69. The molecule has 0 aromatic heterocycles. The van der Waals surface area contributed by atoms with Gasteiger partial charge in [0.15, 0.2) is 23.2 Å². The monoisotopic (exact) mass is 494 g/mol. The van der Waals surface area contributed by atoms with Crippen LogP contribution in [0.2, 0.25) is 0 Å². The van der Waals surface area contributed by atoms with Gasteiger partial charge in [-0.1, -0.05) is 25.5 Å². The van der Waals surface area contributed by atoms with Crippen LogP contribution in [0.3, 0.4) is 0 Å². The zero-order valence-electron chi connectivity index (χ0n) is 17.3. The molecular formula is C23H15F9O2. The van der Waals surface area contributed by atoms with Crippen molar-refractivity contribution in [3.8, 4) is 22.6 Å². The van der Waals surface area contributed by atoms with E-state index in [1.165, 1.54) is 0 Å². The Kier molecular flexibility index (Phi) is 7.04. The first-order valence-electron chi connectivity index (χ1n) is 9.71. The second-order valence-corrected chi connectivity index (χ2v) is 7.10. The fourth-order valence-corrected chi connectivity index (χ4v) is 3.15. The lowest BCUT2D eigenvalue weighted by molar-refractivity contribution is -0.275. The molecule has 0 radical (unpaired) electrons. The van der Waals surface area contributed by atoms with Gasteiger partial charge in [-0.3, -0.25) is 0 Å². The van der Waals surface area contributed by atoms with Crippen LogP contribution in [0.1, 0.15) is 24.5 Å². The molecule has 0 atom stereocenters. The Bertz CT molecular complexity index is 1190. The van der Waals surface area contributed by atoms with E-state index in [1.807, 2.05) is 0 Å². The maximum Gasteiger partial charge on any atom is 0.573 e. The maximum atomic E-state index is 14.5. The Hall–Kier alpha value is -3.37. The molecule has 0 amide bonds. The smallest absolute Gasteiger partial charge is 0.429 e. The lowest BCUT2D eigenvalue weighted by atomic mass is 10.0. The highest BCUT2D eigenvalue weighted by Gasteiger charge is 2.39. The summed E-state index contributed by atoms with van der Waals surface area (Å²) in [5.74, 6) is -7.78. The van der Waals surface area contributed by atoms with Crippen molar-refractivity contribution in [2.75, 3.05) is 0 Å². The van der Waals surface area contributed by atoms with E-state index in [-0.39, 0.29) is 23.1 Å². The van der Waals surface area contributed by atoms with Gasteiger partial charge in [-0.2, -0.15) is 8.78 Å². The Labute approximate surface area is 187 Å². The number of hydrogen-bond donors (Lipinski definition) is 0. The number of hydrogen-bond acceptors (Lipinski definition) is 2. The molecule has 0 heterocycles. The Morgan fingerprint density at radius 1 is 0.735 bits per heavy atom. The van der Waals surface area contributed by atoms with E-state index in [1.54, 1.807) is 6.92 Å². The summed E-state index contributed by atoms with van der Waals surface area (Å²) in [5, 5.41) is 0. The molecule has 3 aromatic rings. The molecule has 3 aromatic carbocycles. The van der Waals surface area contributed by atoms with E-state index in [4.69, 9.17) is 0 Å². The molecule has 0 N–H and O–H groups in total. The zero-order valence-corrected chi connectivity index (χ0v) is 17.3. The number of ether oxygens (including phenoxy) is 2. The first kappa shape index (κ1) is 25.3. The SMILES string of the molecule is CCCc1ccc(C(F)(F)Oc2ccc(-c3ccc(OC(F)(F)F)c(F)c3)c(F)c2)c(F)c1F. The van der Waals surface area contributed by atoms with Gasteiger partial charge in [0, 0.05) is 11.6 Å². The number of halogens is 9. The summed E-state index contributed by atoms with van der Waals surface area (Å²) in [4.78, 5) is 0. The van der Waals surface area contributed by atoms with E-state index in [2.05, 4.69) is 9.47 Å². The van der Waals surface area contributed by atoms with Crippen molar-refractivity contribution in [1.82, 2.24) is 0 Å². The van der Waals surface area contributed by atoms with Gasteiger partial charge in [-0.05, 0) is 47.9 Å². The number of alkyl halides is 5. The first-order valence-corrected chi connectivity index (χ1v) is 9.71. The average molecular weight is 494 g/mol. The van der Waals surface area contributed by atoms with Gasteiger partial charge in [-0.25, -0.2) is 17.6 Å². The zero-order chi connectivity index (χ0) is 25.3. The van der Waals surface area contributed by atoms with E-state index in [9.17, 15) is 39.5 Å². The quantitative estimate of drug-likeness (QED) is 0.311. The maximum absolute atomic E-state index is 14.5. The lowest BCUT2D eigenvalue weighted by Crippen LogP contribution is -2.24. The third-order valence-electron chi connectivity index (χ3n) is 4.65. The number of benzene rings is 3. The third kappa shape index (κ3) is 5.57. The van der Waals surface area contributed by atoms with E-state index < -0.39 is 52.8 Å². The largest absolute Gasteiger partial charge is 0.573 e. The molecule has 0 saturated heterocycles. The summed E-state index contributed by atoms with van der Waals surface area (Å²) in [7, 11) is 0. The molecule has 0 aliphatic rings. The predicted molar refractivity (Wildman–Crippen MR) is 103 cm³/mol. The summed E-state index contributed by atoms with van der Waals surface area (Å²) >= 11 is 0. The second kappa shape index (κ2) is 9.47. The molecule has 182 valence electrons. The minimum Gasteiger partial charge on any atom is -0.429 e. The van der Waals surface area contributed by atoms with Gasteiger partial charge < -0.3 is 9.47 Å². The van der Waals surface area contributed by atoms with Crippen molar-refractivity contribution >= 4 is 0 Å². The van der Waals surface area contributed by atoms with Gasteiger partial charge in [0.05, 0.1) is 0 Å². The predicted octanol–water partition coefficient (Wildman–Crippen LogP) is 7.89. The van der Waals surface area contributed by atoms with Gasteiger partial charge in [0.1, 0.15) is 17.1 Å². The first-order chi connectivity index (χ1) is 15.8. The minimum atomic E-state index is -5.14. The molecule has 11 heteroatoms. The standard InChI is InChI=1S/C23H15F9O2/c1-2-3-12-4-8-16(21(27)20(12)26)22(28,29)33-14-6-7-15(17(24)11-14)13-5-9-19(18(25)10-13)34-23(30,31)32/h4-11H,2-3H2,1H3. The van der Waals surface area contributed by atoms with Crippen LogP contribution < -0.4 is 9.47 Å². The molecule has 0 unspecified atom stereocenters. The second-order valence-electron chi connectivity index (χ2n) is 7.10. The summed E-state index contributed by atoms with van der Waals surface area (Å²) in [6.07, 6.45) is -8.93. The van der Waals surface area contributed by atoms with Gasteiger partial charge in [-0.15, -0.1) is 13.2 Å². The number of rotatable bonds is 7. The lowest BCUT2D eigenvalue weighted by Gasteiger charge is -2.20. The summed E-state index contributed by atoms with van der Waals surface area (Å²) < 4.78 is 130. The molecule has 34 heavy (non-hydrogen) atoms. The topological polar surface area (TPSA) is 18.5 Å². The Balaban J connectivity index is 1.86. The van der Waals surface area contributed by atoms with Crippen LogP contribution in [0.4, 0.5) is 39.5 Å². The summed E-state index contributed by atoms with van der Waals surface area (Å²) in [6, 6.07) is 6.01. The van der Waals surface area contributed by atoms with Gasteiger partial charge in [0.25, 0.3) is 0 Å². The fourth-order valence-electron chi connectivity index (χ4n) is 3.15. The minimum absolute atomic E-state index is 0.0890. The van der Waals surface area contributed by atoms with Crippen molar-refractivity contribution in [3.05, 3.63) is 82.9 Å². The number of aryl methyl sites for hydroxylation is 1. The van der Waals surface area contributed by atoms with Gasteiger partial charge in [0.2, 0.25) is 0 Å². The molecule has 0 saturated carbocycles. The Morgan fingerprint density at radius 2 is 1.44 bits per heavy atom. The molecule has 2 nitrogen and oxygen atoms in total. The molecule has 0 aliphatic heterocycles. The van der Waals surface area contributed by atoms with Gasteiger partial charge >= 0.3 is 12.5 Å². The van der Waals surface area contributed by atoms with E-state index in [0.717, 1.165) is 24.3 Å². The average Bonchev–Trinajstić information content (AvgIpc) is 2.72. The molecule has 3 rings (SSSR count). The van der Waals surface area contributed by atoms with E-state index >= 15 is 0 Å². The van der Waals surface area contributed by atoms with Crippen LogP contribution in [0, 0.1) is 23.3 Å². The fraction of sp³-hybridized carbons (Fsp3) is 0.217. The Morgan fingerprint density at radius 3 is 2.03 bits per heavy atom. The van der Waals surface area contributed by atoms with Crippen molar-refractivity contribution in [1.29, 1.82) is 0 Å². The van der Waals surface area contributed by atoms with Crippen LogP contribution in [-0.4, -0.2) is 6.36 Å². The van der Waals surface area contributed by atoms with Crippen molar-refractivity contribution in [2.24, 2.45) is 0 Å². The molecule has 0 aliphatic carbocycles. The van der Waals surface area contributed by atoms with Crippen LogP contribution in [0.5, 0.6) is 11.5 Å².